The number of nitrogens with one attached hydrogen (secondary N) is 1. The van der Waals surface area contributed by atoms with Gasteiger partial charge in [0.25, 0.3) is 0 Å². The smallest absolute Gasteiger partial charge is 0.445 e. The summed E-state index contributed by atoms with van der Waals surface area (Å²) in [5.41, 5.74) is 1.32. The highest BCUT2D eigenvalue weighted by atomic mass is 35.5. The van der Waals surface area contributed by atoms with E-state index in [2.05, 4.69) is 10.3 Å². The standard InChI is InChI=1S/C22H26BClN2O4/c1-21(2)22(3,4)30-23(29-21)17(12-19-11-10-18(24)14-25-19)13-26-20(27)28-15-16-8-6-5-7-9-16/h5-12,14H,13,15H2,1-4H3,(H,26,27). The SMILES string of the molecule is CC1(C)OB(C(=Cc2ccc(Cl)cn2)CNC(=O)OCc2ccccc2)OC1(C)C. The predicted octanol–water partition coefficient (Wildman–Crippen LogP) is 4.68. The van der Waals surface area contributed by atoms with Crippen LogP contribution in [0.15, 0.2) is 54.1 Å². The Morgan fingerprint density at radius 1 is 1.13 bits per heavy atom. The molecule has 30 heavy (non-hydrogen) atoms. The Kier molecular flexibility index (Phi) is 6.86. The second-order valence-electron chi connectivity index (χ2n) is 8.12. The molecule has 0 atom stereocenters. The molecule has 0 unspecified atom stereocenters. The third-order valence-corrected chi connectivity index (χ3v) is 5.51. The first kappa shape index (κ1) is 22.3. The number of hydrogen-bond donors (Lipinski definition) is 1. The predicted molar refractivity (Wildman–Crippen MR) is 118 cm³/mol. The van der Waals surface area contributed by atoms with Gasteiger partial charge in [-0.3, -0.25) is 4.98 Å². The summed E-state index contributed by atoms with van der Waals surface area (Å²) in [6.07, 6.45) is 2.87. The van der Waals surface area contributed by atoms with Crippen LogP contribution >= 0.6 is 11.6 Å². The number of pyridine rings is 1. The number of rotatable bonds is 6. The van der Waals surface area contributed by atoms with Crippen LogP contribution in [0.2, 0.25) is 5.02 Å². The fourth-order valence-electron chi connectivity index (χ4n) is 2.81. The van der Waals surface area contributed by atoms with Crippen molar-refractivity contribution in [3.8, 4) is 0 Å². The van der Waals surface area contributed by atoms with Gasteiger partial charge in [0, 0.05) is 12.7 Å². The third kappa shape index (κ3) is 5.62. The Labute approximate surface area is 182 Å². The molecule has 2 heterocycles. The lowest BCUT2D eigenvalue weighted by Gasteiger charge is -2.32. The Morgan fingerprint density at radius 3 is 2.40 bits per heavy atom. The summed E-state index contributed by atoms with van der Waals surface area (Å²) in [4.78, 5) is 16.5. The molecule has 1 N–H and O–H groups in total. The molecule has 0 saturated carbocycles. The van der Waals surface area contributed by atoms with Gasteiger partial charge in [0.2, 0.25) is 0 Å². The summed E-state index contributed by atoms with van der Waals surface area (Å²) in [6.45, 7) is 8.30. The van der Waals surface area contributed by atoms with E-state index in [-0.39, 0.29) is 13.2 Å². The van der Waals surface area contributed by atoms with Crippen molar-refractivity contribution >= 4 is 30.9 Å². The molecule has 3 rings (SSSR count). The molecule has 0 bridgehead atoms. The number of hydrogen-bond acceptors (Lipinski definition) is 5. The Hall–Kier alpha value is -2.35. The summed E-state index contributed by atoms with van der Waals surface area (Å²) in [6, 6.07) is 13.1. The van der Waals surface area contributed by atoms with Crippen molar-refractivity contribution in [3.05, 3.63) is 70.4 Å². The molecule has 0 aliphatic carbocycles. The van der Waals surface area contributed by atoms with Crippen LogP contribution in [0.5, 0.6) is 0 Å². The zero-order valence-corrected chi connectivity index (χ0v) is 18.4. The van der Waals surface area contributed by atoms with Crippen molar-refractivity contribution in [1.29, 1.82) is 0 Å². The van der Waals surface area contributed by atoms with E-state index < -0.39 is 24.4 Å². The molecule has 1 fully saturated rings. The number of carbonyl (C=O) groups is 1. The van der Waals surface area contributed by atoms with Gasteiger partial charge < -0.3 is 19.4 Å². The quantitative estimate of drug-likeness (QED) is 0.677. The fraction of sp³-hybridized carbons (Fsp3) is 0.364. The van der Waals surface area contributed by atoms with E-state index in [1.807, 2.05) is 64.1 Å². The Bertz CT molecular complexity index is 885. The first-order valence-corrected chi connectivity index (χ1v) is 10.2. The van der Waals surface area contributed by atoms with Gasteiger partial charge in [0.1, 0.15) is 6.61 Å². The van der Waals surface area contributed by atoms with Gasteiger partial charge >= 0.3 is 13.2 Å². The van der Waals surface area contributed by atoms with Crippen molar-refractivity contribution in [1.82, 2.24) is 10.3 Å². The number of alkyl carbamates (subject to hydrolysis) is 1. The highest BCUT2D eigenvalue weighted by Gasteiger charge is 2.52. The van der Waals surface area contributed by atoms with Crippen LogP contribution in [0, 0.1) is 0 Å². The maximum Gasteiger partial charge on any atom is 0.492 e. The normalized spacial score (nSPS) is 17.6. The molecule has 0 spiro atoms. The molecule has 6 nitrogen and oxygen atoms in total. The second kappa shape index (κ2) is 9.21. The van der Waals surface area contributed by atoms with Gasteiger partial charge in [0.15, 0.2) is 0 Å². The molecular formula is C22H26BClN2O4. The van der Waals surface area contributed by atoms with E-state index >= 15 is 0 Å². The molecule has 0 radical (unpaired) electrons. The molecular weight excluding hydrogens is 403 g/mol. The summed E-state index contributed by atoms with van der Waals surface area (Å²) >= 11 is 5.93. The van der Waals surface area contributed by atoms with E-state index in [1.54, 1.807) is 18.3 Å². The van der Waals surface area contributed by atoms with Gasteiger partial charge in [-0.05, 0) is 56.9 Å². The molecule has 1 saturated heterocycles. The Balaban J connectivity index is 1.70. The maximum atomic E-state index is 12.2. The number of amides is 1. The summed E-state index contributed by atoms with van der Waals surface area (Å²) in [5.74, 6) is 0. The van der Waals surface area contributed by atoms with Gasteiger partial charge in [-0.2, -0.15) is 0 Å². The fourth-order valence-corrected chi connectivity index (χ4v) is 2.92. The van der Waals surface area contributed by atoms with Crippen molar-refractivity contribution in [2.75, 3.05) is 6.54 Å². The van der Waals surface area contributed by atoms with Crippen LogP contribution in [0.1, 0.15) is 39.0 Å². The summed E-state index contributed by atoms with van der Waals surface area (Å²) in [7, 11) is -0.623. The number of aromatic nitrogens is 1. The van der Waals surface area contributed by atoms with Crippen LogP contribution in [-0.4, -0.2) is 35.9 Å². The van der Waals surface area contributed by atoms with Crippen LogP contribution in [-0.2, 0) is 20.7 Å². The lowest BCUT2D eigenvalue weighted by molar-refractivity contribution is 0.00578. The third-order valence-electron chi connectivity index (χ3n) is 5.29. The number of ether oxygens (including phenoxy) is 1. The zero-order valence-electron chi connectivity index (χ0n) is 17.6. The average molecular weight is 429 g/mol. The van der Waals surface area contributed by atoms with Crippen LogP contribution in [0.25, 0.3) is 6.08 Å². The number of nitrogens with zero attached hydrogens (tertiary/aromatic N) is 1. The average Bonchev–Trinajstić information content (AvgIpc) is 2.93. The number of benzene rings is 1. The van der Waals surface area contributed by atoms with Gasteiger partial charge in [-0.1, -0.05) is 41.9 Å². The van der Waals surface area contributed by atoms with Crippen molar-refractivity contribution in [2.24, 2.45) is 0 Å². The van der Waals surface area contributed by atoms with Crippen molar-refractivity contribution in [3.63, 3.8) is 0 Å². The summed E-state index contributed by atoms with van der Waals surface area (Å²) in [5, 5.41) is 3.32. The van der Waals surface area contributed by atoms with Crippen molar-refractivity contribution in [2.45, 2.75) is 45.5 Å². The van der Waals surface area contributed by atoms with E-state index in [9.17, 15) is 4.79 Å². The highest BCUT2D eigenvalue weighted by molar-refractivity contribution is 6.56. The second-order valence-corrected chi connectivity index (χ2v) is 8.56. The van der Waals surface area contributed by atoms with E-state index in [0.29, 0.717) is 10.7 Å². The number of halogens is 1. The first-order chi connectivity index (χ1) is 14.2. The van der Waals surface area contributed by atoms with Crippen LogP contribution in [0.4, 0.5) is 4.79 Å². The molecule has 1 aliphatic rings. The highest BCUT2D eigenvalue weighted by Crippen LogP contribution is 2.38. The van der Waals surface area contributed by atoms with Gasteiger partial charge in [0.05, 0.1) is 21.9 Å². The van der Waals surface area contributed by atoms with E-state index in [4.69, 9.17) is 25.6 Å². The lowest BCUT2D eigenvalue weighted by atomic mass is 9.77. The van der Waals surface area contributed by atoms with E-state index in [1.165, 1.54) is 0 Å². The first-order valence-electron chi connectivity index (χ1n) is 9.78. The molecule has 8 heteroatoms. The molecule has 1 aromatic carbocycles. The molecule has 1 amide bonds. The summed E-state index contributed by atoms with van der Waals surface area (Å²) < 4.78 is 17.6. The maximum absolute atomic E-state index is 12.2. The minimum absolute atomic E-state index is 0.189. The zero-order chi connectivity index (χ0) is 21.8. The van der Waals surface area contributed by atoms with E-state index in [0.717, 1.165) is 11.0 Å². The minimum Gasteiger partial charge on any atom is -0.445 e. The minimum atomic E-state index is -0.623. The molecule has 158 valence electrons. The Morgan fingerprint density at radius 2 is 1.80 bits per heavy atom. The van der Waals surface area contributed by atoms with Gasteiger partial charge in [-0.15, -0.1) is 0 Å². The lowest BCUT2D eigenvalue weighted by Crippen LogP contribution is -2.41. The molecule has 1 aliphatic heterocycles. The van der Waals surface area contributed by atoms with Crippen molar-refractivity contribution < 1.29 is 18.8 Å². The molecule has 1 aromatic heterocycles. The largest absolute Gasteiger partial charge is 0.492 e. The monoisotopic (exact) mass is 428 g/mol. The number of carbonyl (C=O) groups excluding carboxylic acids is 1. The van der Waals surface area contributed by atoms with Crippen LogP contribution < -0.4 is 5.32 Å². The van der Waals surface area contributed by atoms with Gasteiger partial charge in [-0.25, -0.2) is 4.79 Å². The topological polar surface area (TPSA) is 69.7 Å². The van der Waals surface area contributed by atoms with Crippen LogP contribution in [0.3, 0.4) is 0 Å². The molecule has 2 aromatic rings.